The third kappa shape index (κ3) is 6.97. The molecule has 0 fully saturated rings. The molecule has 0 bridgehead atoms. The molecule has 4 aromatic heterocycles. The van der Waals surface area contributed by atoms with E-state index in [4.69, 9.17) is 18.9 Å². The Balaban J connectivity index is 0.000000188. The van der Waals surface area contributed by atoms with Crippen LogP contribution >= 0.6 is 0 Å². The van der Waals surface area contributed by atoms with Gasteiger partial charge in [-0.1, -0.05) is 0 Å². The lowest BCUT2D eigenvalue weighted by Crippen LogP contribution is -2.09. The highest BCUT2D eigenvalue weighted by atomic mass is 16.5. The van der Waals surface area contributed by atoms with Gasteiger partial charge in [0.2, 0.25) is 11.6 Å². The van der Waals surface area contributed by atoms with Gasteiger partial charge in [0.15, 0.2) is 11.6 Å². The fourth-order valence-corrected chi connectivity index (χ4v) is 5.47. The van der Waals surface area contributed by atoms with Crippen molar-refractivity contribution in [3.05, 3.63) is 94.1 Å². The van der Waals surface area contributed by atoms with Crippen molar-refractivity contribution in [1.29, 1.82) is 0 Å². The summed E-state index contributed by atoms with van der Waals surface area (Å²) in [6.45, 7) is 7.67. The summed E-state index contributed by atoms with van der Waals surface area (Å²) in [5.41, 5.74) is 8.03. The minimum atomic E-state index is -0.119. The van der Waals surface area contributed by atoms with Gasteiger partial charge < -0.3 is 28.9 Å². The van der Waals surface area contributed by atoms with Gasteiger partial charge in [0, 0.05) is 46.8 Å². The lowest BCUT2D eigenvalue weighted by atomic mass is 10.1. The van der Waals surface area contributed by atoms with Gasteiger partial charge in [0.05, 0.1) is 74.7 Å². The van der Waals surface area contributed by atoms with Crippen molar-refractivity contribution in [2.45, 2.75) is 40.5 Å². The lowest BCUT2D eigenvalue weighted by molar-refractivity contribution is 0.0975. The summed E-state index contributed by atoms with van der Waals surface area (Å²) in [6, 6.07) is 10.9. The molecule has 0 spiro atoms. The first-order valence-corrected chi connectivity index (χ1v) is 15.2. The number of rotatable bonds is 10. The number of carbonyl (C=O) groups excluding carboxylic acids is 2. The third-order valence-corrected chi connectivity index (χ3v) is 8.06. The molecule has 6 rings (SSSR count). The number of fused-ring (bicyclic) bond motifs is 2. The molecule has 12 heteroatoms. The molecule has 0 aliphatic heterocycles. The van der Waals surface area contributed by atoms with E-state index in [1.165, 1.54) is 0 Å². The number of H-pyrrole nitrogens is 2. The van der Waals surface area contributed by atoms with Crippen LogP contribution in [0, 0.1) is 27.7 Å². The van der Waals surface area contributed by atoms with E-state index in [0.29, 0.717) is 34.5 Å². The van der Waals surface area contributed by atoms with Crippen LogP contribution in [0.3, 0.4) is 0 Å². The van der Waals surface area contributed by atoms with Gasteiger partial charge in [-0.2, -0.15) is 0 Å². The van der Waals surface area contributed by atoms with Crippen LogP contribution in [0.25, 0.3) is 22.1 Å². The lowest BCUT2D eigenvalue weighted by Gasteiger charge is -2.11. The second kappa shape index (κ2) is 14.3. The minimum Gasteiger partial charge on any atom is -0.497 e. The van der Waals surface area contributed by atoms with Crippen molar-refractivity contribution in [2.75, 3.05) is 28.4 Å². The van der Waals surface area contributed by atoms with Gasteiger partial charge >= 0.3 is 0 Å². The summed E-state index contributed by atoms with van der Waals surface area (Å²) >= 11 is 0. The highest BCUT2D eigenvalue weighted by molar-refractivity contribution is 5.98. The van der Waals surface area contributed by atoms with E-state index in [0.717, 1.165) is 55.8 Å². The van der Waals surface area contributed by atoms with E-state index in [-0.39, 0.29) is 24.4 Å². The zero-order valence-corrected chi connectivity index (χ0v) is 28.3. The molecule has 0 radical (unpaired) electrons. The molecule has 0 unspecified atom stereocenters. The predicted molar refractivity (Wildman–Crippen MR) is 182 cm³/mol. The van der Waals surface area contributed by atoms with E-state index in [2.05, 4.69) is 29.9 Å². The number of nitrogens with zero attached hydrogens (tertiary/aromatic N) is 4. The zero-order chi connectivity index (χ0) is 34.5. The molecule has 0 aliphatic rings. The second-order valence-corrected chi connectivity index (χ2v) is 11.2. The normalized spacial score (nSPS) is 10.8. The summed E-state index contributed by atoms with van der Waals surface area (Å²) in [7, 11) is 6.44. The molecule has 0 atom stereocenters. The molecular weight excluding hydrogens is 612 g/mol. The van der Waals surface area contributed by atoms with Crippen LogP contribution in [-0.2, 0) is 12.8 Å². The Bertz CT molecular complexity index is 1980. The average molecular weight is 651 g/mol. The molecule has 0 saturated heterocycles. The first-order chi connectivity index (χ1) is 23.1. The summed E-state index contributed by atoms with van der Waals surface area (Å²) in [6.07, 6.45) is 3.77. The number of carbonyl (C=O) groups is 2. The SMILES string of the molecule is COc1ccc2nc(C(=O)Cc3ncc(C)c(OC)c3C)[nH]c2c1.COc1ccc2nc(C(=O)Cc3ncc(C)c(OC)c3C)[nH]c2c1. The van der Waals surface area contributed by atoms with Gasteiger partial charge in [-0.05, 0) is 52.0 Å². The number of ether oxygens (including phenoxy) is 4. The Morgan fingerprint density at radius 3 is 1.35 bits per heavy atom. The Labute approximate surface area is 277 Å². The molecule has 6 aromatic rings. The number of aromatic amines is 2. The van der Waals surface area contributed by atoms with Gasteiger partial charge in [-0.3, -0.25) is 19.6 Å². The Hall–Kier alpha value is -5.78. The number of Topliss-reactive ketones (excluding diaryl/α,β-unsaturated/α-hetero) is 2. The number of pyridine rings is 2. The smallest absolute Gasteiger partial charge is 0.204 e. The minimum absolute atomic E-state index is 0.119. The zero-order valence-electron chi connectivity index (χ0n) is 28.3. The Kier molecular flexibility index (Phi) is 10.0. The van der Waals surface area contributed by atoms with Crippen molar-refractivity contribution < 1.29 is 28.5 Å². The van der Waals surface area contributed by atoms with Crippen LogP contribution in [0.1, 0.15) is 54.9 Å². The predicted octanol–water partition coefficient (Wildman–Crippen LogP) is 6.03. The second-order valence-electron chi connectivity index (χ2n) is 11.2. The maximum Gasteiger partial charge on any atom is 0.204 e. The van der Waals surface area contributed by atoms with Gasteiger partial charge in [0.1, 0.15) is 23.0 Å². The highest BCUT2D eigenvalue weighted by Gasteiger charge is 2.19. The van der Waals surface area contributed by atoms with Crippen molar-refractivity contribution in [3.8, 4) is 23.0 Å². The van der Waals surface area contributed by atoms with Gasteiger partial charge in [-0.15, -0.1) is 0 Å². The maximum atomic E-state index is 12.6. The highest BCUT2D eigenvalue weighted by Crippen LogP contribution is 2.27. The number of hydrogen-bond donors (Lipinski definition) is 2. The Morgan fingerprint density at radius 2 is 1.00 bits per heavy atom. The van der Waals surface area contributed by atoms with Crippen molar-refractivity contribution in [1.82, 2.24) is 29.9 Å². The largest absolute Gasteiger partial charge is 0.497 e. The van der Waals surface area contributed by atoms with Gasteiger partial charge in [-0.25, -0.2) is 9.97 Å². The quantitative estimate of drug-likeness (QED) is 0.168. The molecule has 2 aromatic carbocycles. The summed E-state index contributed by atoms with van der Waals surface area (Å²) < 4.78 is 21.1. The first kappa shape index (κ1) is 33.6. The first-order valence-electron chi connectivity index (χ1n) is 15.2. The van der Waals surface area contributed by atoms with Crippen LogP contribution in [0.2, 0.25) is 0 Å². The summed E-state index contributed by atoms with van der Waals surface area (Å²) in [4.78, 5) is 48.7. The Morgan fingerprint density at radius 1 is 0.604 bits per heavy atom. The fraction of sp³-hybridized carbons (Fsp3) is 0.278. The van der Waals surface area contributed by atoms with E-state index >= 15 is 0 Å². The van der Waals surface area contributed by atoms with E-state index in [9.17, 15) is 9.59 Å². The van der Waals surface area contributed by atoms with Crippen LogP contribution in [0.4, 0.5) is 0 Å². The fourth-order valence-electron chi connectivity index (χ4n) is 5.47. The standard InChI is InChI=1S/2C18H19N3O3/c2*1-10-9-19-14(11(2)17(10)24-4)8-16(22)18-20-13-6-5-12(23-3)7-15(13)21-18/h2*5-7,9H,8H2,1-4H3,(H,20,21). The van der Waals surface area contributed by atoms with E-state index < -0.39 is 0 Å². The monoisotopic (exact) mass is 650 g/mol. The molecule has 0 saturated carbocycles. The number of imidazole rings is 2. The third-order valence-electron chi connectivity index (χ3n) is 8.06. The number of benzene rings is 2. The maximum absolute atomic E-state index is 12.6. The summed E-state index contributed by atoms with van der Waals surface area (Å²) in [5, 5.41) is 0. The van der Waals surface area contributed by atoms with Crippen LogP contribution in [-0.4, -0.2) is 69.9 Å². The molecule has 0 aliphatic carbocycles. The molecule has 48 heavy (non-hydrogen) atoms. The topological polar surface area (TPSA) is 154 Å². The number of aromatic nitrogens is 6. The molecular formula is C36H38N6O6. The van der Waals surface area contributed by atoms with Crippen LogP contribution < -0.4 is 18.9 Å². The van der Waals surface area contributed by atoms with E-state index in [1.807, 2.05) is 64.1 Å². The van der Waals surface area contributed by atoms with Crippen LogP contribution in [0.15, 0.2) is 48.8 Å². The van der Waals surface area contributed by atoms with Crippen molar-refractivity contribution in [2.24, 2.45) is 0 Å². The number of hydrogen-bond acceptors (Lipinski definition) is 10. The number of nitrogens with one attached hydrogen (secondary N) is 2. The number of ketones is 2. The van der Waals surface area contributed by atoms with Crippen LogP contribution in [0.5, 0.6) is 23.0 Å². The molecule has 4 heterocycles. The molecule has 0 amide bonds. The van der Waals surface area contributed by atoms with Crippen molar-refractivity contribution >= 4 is 33.6 Å². The number of aryl methyl sites for hydroxylation is 2. The average Bonchev–Trinajstić information content (AvgIpc) is 3.72. The van der Waals surface area contributed by atoms with Gasteiger partial charge in [0.25, 0.3) is 0 Å². The van der Waals surface area contributed by atoms with E-state index in [1.54, 1.807) is 40.8 Å². The number of methoxy groups -OCH3 is 4. The molecule has 2 N–H and O–H groups in total. The molecule has 12 nitrogen and oxygen atoms in total. The molecule has 248 valence electrons. The van der Waals surface area contributed by atoms with Crippen molar-refractivity contribution in [3.63, 3.8) is 0 Å². The summed E-state index contributed by atoms with van der Waals surface area (Å²) in [5.74, 6) is 3.36.